The summed E-state index contributed by atoms with van der Waals surface area (Å²) in [6.45, 7) is 15.3. The predicted octanol–water partition coefficient (Wildman–Crippen LogP) is 6.07. The van der Waals surface area contributed by atoms with E-state index in [9.17, 15) is 14.4 Å². The van der Waals surface area contributed by atoms with E-state index in [2.05, 4.69) is 6.58 Å². The third-order valence-electron chi connectivity index (χ3n) is 5.09. The summed E-state index contributed by atoms with van der Waals surface area (Å²) in [5, 5.41) is 0. The molecule has 0 aliphatic heterocycles. The standard InChI is InChI=1S/C23H37Cl3O7/c1-10-11-14(2)18(32-20(29)31-13-23(24,25)26)15(3)19(28)22(7,8)16(30-9)12-17(27)33-21(4,5)6/h10,14-16,18H,1,11-13H2,2-9H3. The van der Waals surface area contributed by atoms with Gasteiger partial charge in [0.2, 0.25) is 3.79 Å². The number of esters is 1. The molecule has 33 heavy (non-hydrogen) atoms. The molecular formula is C23H37Cl3O7. The SMILES string of the molecule is C=CCC(C)C(OC(=O)OCC(Cl)(Cl)Cl)C(C)C(=O)C(C)(C)C(CC(=O)OC(C)(C)C)OC. The summed E-state index contributed by atoms with van der Waals surface area (Å²) in [5.74, 6) is -1.75. The lowest BCUT2D eigenvalue weighted by Crippen LogP contribution is -2.47. The van der Waals surface area contributed by atoms with Gasteiger partial charge in [0.1, 0.15) is 24.1 Å². The van der Waals surface area contributed by atoms with Crippen LogP contribution in [0.1, 0.15) is 61.3 Å². The van der Waals surface area contributed by atoms with Crippen molar-refractivity contribution in [1.29, 1.82) is 0 Å². The highest BCUT2D eigenvalue weighted by molar-refractivity contribution is 6.67. The van der Waals surface area contributed by atoms with Gasteiger partial charge >= 0.3 is 12.1 Å². The molecule has 192 valence electrons. The van der Waals surface area contributed by atoms with Crippen molar-refractivity contribution in [3.8, 4) is 0 Å². The van der Waals surface area contributed by atoms with E-state index in [1.807, 2.05) is 6.92 Å². The Bertz CT molecular complexity index is 681. The van der Waals surface area contributed by atoms with E-state index in [-0.39, 0.29) is 18.1 Å². The average Bonchev–Trinajstić information content (AvgIpc) is 2.65. The second kappa shape index (κ2) is 13.2. The molecule has 0 bridgehead atoms. The van der Waals surface area contributed by atoms with Gasteiger partial charge in [0.25, 0.3) is 0 Å². The molecule has 0 spiro atoms. The van der Waals surface area contributed by atoms with Crippen LogP contribution in [0.4, 0.5) is 4.79 Å². The van der Waals surface area contributed by atoms with E-state index < -0.39 is 51.7 Å². The number of carbonyl (C=O) groups is 3. The maximum absolute atomic E-state index is 13.5. The Morgan fingerprint density at radius 2 is 1.58 bits per heavy atom. The lowest BCUT2D eigenvalue weighted by molar-refractivity contribution is -0.161. The fourth-order valence-corrected chi connectivity index (χ4v) is 3.62. The van der Waals surface area contributed by atoms with Gasteiger partial charge in [0, 0.05) is 7.11 Å². The van der Waals surface area contributed by atoms with Gasteiger partial charge in [0.15, 0.2) is 0 Å². The molecule has 0 fully saturated rings. The van der Waals surface area contributed by atoms with Crippen LogP contribution in [-0.2, 0) is 28.5 Å². The van der Waals surface area contributed by atoms with E-state index in [0.717, 1.165) is 0 Å². The largest absolute Gasteiger partial charge is 0.508 e. The van der Waals surface area contributed by atoms with Crippen LogP contribution in [0.25, 0.3) is 0 Å². The summed E-state index contributed by atoms with van der Waals surface area (Å²) in [6.07, 6.45) is -0.636. The van der Waals surface area contributed by atoms with Crippen molar-refractivity contribution in [2.45, 2.75) is 82.9 Å². The van der Waals surface area contributed by atoms with E-state index in [4.69, 9.17) is 53.8 Å². The predicted molar refractivity (Wildman–Crippen MR) is 130 cm³/mol. The van der Waals surface area contributed by atoms with Crippen molar-refractivity contribution < 1.29 is 33.3 Å². The number of allylic oxidation sites excluding steroid dienone is 1. The Balaban J connectivity index is 5.62. The van der Waals surface area contributed by atoms with Crippen LogP contribution in [0.5, 0.6) is 0 Å². The van der Waals surface area contributed by atoms with Crippen molar-refractivity contribution in [3.05, 3.63) is 12.7 Å². The molecule has 0 radical (unpaired) electrons. The monoisotopic (exact) mass is 530 g/mol. The van der Waals surface area contributed by atoms with Gasteiger partial charge in [-0.15, -0.1) is 6.58 Å². The number of halogens is 3. The number of Topliss-reactive ketones (excluding diaryl/α,β-unsaturated/α-hetero) is 1. The van der Waals surface area contributed by atoms with Crippen LogP contribution in [-0.4, -0.2) is 53.2 Å². The Kier molecular flexibility index (Phi) is 12.8. The smallest absolute Gasteiger partial charge is 0.460 e. The maximum atomic E-state index is 13.5. The first-order chi connectivity index (χ1) is 14.9. The summed E-state index contributed by atoms with van der Waals surface area (Å²) in [7, 11) is 1.43. The van der Waals surface area contributed by atoms with E-state index in [1.54, 1.807) is 47.6 Å². The molecule has 0 amide bonds. The van der Waals surface area contributed by atoms with Gasteiger partial charge in [-0.25, -0.2) is 4.79 Å². The second-order valence-electron chi connectivity index (χ2n) is 9.63. The van der Waals surface area contributed by atoms with Crippen molar-refractivity contribution in [3.63, 3.8) is 0 Å². The lowest BCUT2D eigenvalue weighted by atomic mass is 9.73. The first-order valence-corrected chi connectivity index (χ1v) is 11.8. The minimum absolute atomic E-state index is 0.113. The van der Waals surface area contributed by atoms with Gasteiger partial charge in [-0.1, -0.05) is 68.6 Å². The molecule has 0 saturated carbocycles. The molecule has 0 heterocycles. The Morgan fingerprint density at radius 3 is 2.00 bits per heavy atom. The second-order valence-corrected chi connectivity index (χ2v) is 12.1. The Labute approximate surface area is 212 Å². The van der Waals surface area contributed by atoms with Crippen molar-refractivity contribution in [1.82, 2.24) is 0 Å². The number of hydrogen-bond donors (Lipinski definition) is 0. The first-order valence-electron chi connectivity index (χ1n) is 10.7. The summed E-state index contributed by atoms with van der Waals surface area (Å²) in [5.41, 5.74) is -1.76. The number of carbonyl (C=O) groups excluding carboxylic acids is 3. The number of hydrogen-bond acceptors (Lipinski definition) is 7. The fourth-order valence-electron chi connectivity index (χ4n) is 3.46. The van der Waals surface area contributed by atoms with E-state index in [0.29, 0.717) is 6.42 Å². The highest BCUT2D eigenvalue weighted by Gasteiger charge is 2.45. The minimum atomic E-state index is -1.79. The molecular weight excluding hydrogens is 495 g/mol. The molecule has 0 aromatic rings. The fraction of sp³-hybridized carbons (Fsp3) is 0.783. The number of ketones is 1. The van der Waals surface area contributed by atoms with Gasteiger partial charge in [-0.3, -0.25) is 9.59 Å². The number of ether oxygens (including phenoxy) is 4. The zero-order valence-electron chi connectivity index (χ0n) is 20.7. The van der Waals surface area contributed by atoms with Crippen molar-refractivity contribution in [2.24, 2.45) is 17.3 Å². The van der Waals surface area contributed by atoms with Crippen LogP contribution in [0, 0.1) is 17.3 Å². The molecule has 10 heteroatoms. The molecule has 0 aromatic carbocycles. The molecule has 0 aliphatic carbocycles. The summed E-state index contributed by atoms with van der Waals surface area (Å²) in [6, 6.07) is 0. The zero-order valence-corrected chi connectivity index (χ0v) is 23.0. The van der Waals surface area contributed by atoms with Gasteiger partial charge in [-0.05, 0) is 33.1 Å². The molecule has 0 saturated heterocycles. The maximum Gasteiger partial charge on any atom is 0.508 e. The third kappa shape index (κ3) is 11.8. The number of alkyl halides is 3. The first kappa shape index (κ1) is 32.0. The van der Waals surface area contributed by atoms with Crippen LogP contribution in [0.3, 0.4) is 0 Å². The average molecular weight is 532 g/mol. The highest BCUT2D eigenvalue weighted by Crippen LogP contribution is 2.34. The summed E-state index contributed by atoms with van der Waals surface area (Å²) in [4.78, 5) is 38.1. The Hall–Kier alpha value is -1.02. The summed E-state index contributed by atoms with van der Waals surface area (Å²) < 4.78 is 19.4. The van der Waals surface area contributed by atoms with Crippen LogP contribution in [0.2, 0.25) is 0 Å². The van der Waals surface area contributed by atoms with Crippen molar-refractivity contribution >= 4 is 52.7 Å². The lowest BCUT2D eigenvalue weighted by Gasteiger charge is -2.37. The number of methoxy groups -OCH3 is 1. The molecule has 0 rings (SSSR count). The Morgan fingerprint density at radius 1 is 1.03 bits per heavy atom. The third-order valence-corrected chi connectivity index (χ3v) is 5.42. The zero-order chi connectivity index (χ0) is 26.2. The van der Waals surface area contributed by atoms with Crippen LogP contribution in [0.15, 0.2) is 12.7 Å². The topological polar surface area (TPSA) is 88.1 Å². The normalized spacial score (nSPS) is 16.2. The minimum Gasteiger partial charge on any atom is -0.460 e. The quantitative estimate of drug-likeness (QED) is 0.171. The van der Waals surface area contributed by atoms with Crippen LogP contribution < -0.4 is 0 Å². The molecule has 0 aromatic heterocycles. The molecule has 4 atom stereocenters. The van der Waals surface area contributed by atoms with E-state index >= 15 is 0 Å². The van der Waals surface area contributed by atoms with Gasteiger partial charge in [-0.2, -0.15) is 0 Å². The van der Waals surface area contributed by atoms with E-state index in [1.165, 1.54) is 7.11 Å². The highest BCUT2D eigenvalue weighted by atomic mass is 35.6. The number of rotatable bonds is 12. The molecule has 4 unspecified atom stereocenters. The molecule has 0 aliphatic rings. The van der Waals surface area contributed by atoms with Crippen molar-refractivity contribution in [2.75, 3.05) is 13.7 Å². The van der Waals surface area contributed by atoms with Gasteiger partial charge < -0.3 is 18.9 Å². The molecule has 7 nitrogen and oxygen atoms in total. The summed E-state index contributed by atoms with van der Waals surface area (Å²) >= 11 is 16.8. The van der Waals surface area contributed by atoms with Gasteiger partial charge in [0.05, 0.1) is 23.9 Å². The van der Waals surface area contributed by atoms with Crippen LogP contribution >= 0.6 is 34.8 Å². The molecule has 0 N–H and O–H groups in total.